The number of nitrogens with one attached hydrogen (secondary N) is 2. The van der Waals surface area contributed by atoms with Gasteiger partial charge in [-0.3, -0.25) is 14.4 Å². The van der Waals surface area contributed by atoms with Crippen LogP contribution in [0.25, 0.3) is 0 Å². The Hall–Kier alpha value is -2.37. The summed E-state index contributed by atoms with van der Waals surface area (Å²) < 4.78 is 0. The first kappa shape index (κ1) is 17.0. The van der Waals surface area contributed by atoms with Gasteiger partial charge in [0, 0.05) is 12.5 Å². The maximum absolute atomic E-state index is 12.1. The molecule has 6 heteroatoms. The normalized spacial score (nSPS) is 21.4. The number of hydrogen-bond acceptors (Lipinski definition) is 3. The highest BCUT2D eigenvalue weighted by molar-refractivity contribution is 5.88. The van der Waals surface area contributed by atoms with Gasteiger partial charge in [0.2, 0.25) is 11.8 Å². The molecule has 1 aliphatic carbocycles. The summed E-state index contributed by atoms with van der Waals surface area (Å²) in [5.41, 5.74) is 0.986. The maximum Gasteiger partial charge on any atom is 0.306 e. The number of hydrogen-bond donors (Lipinski definition) is 3. The molecule has 0 bridgehead atoms. The van der Waals surface area contributed by atoms with E-state index in [2.05, 4.69) is 10.6 Å². The lowest BCUT2D eigenvalue weighted by molar-refractivity contribution is -0.141. The molecular formula is C17H22N2O4. The molecule has 0 saturated heterocycles. The summed E-state index contributed by atoms with van der Waals surface area (Å²) in [5.74, 6) is -2.12. The molecule has 0 heterocycles. The van der Waals surface area contributed by atoms with Gasteiger partial charge in [-0.25, -0.2) is 0 Å². The van der Waals surface area contributed by atoms with Gasteiger partial charge >= 0.3 is 5.97 Å². The Bertz CT molecular complexity index is 573. The lowest BCUT2D eigenvalue weighted by atomic mass is 10.0. The van der Waals surface area contributed by atoms with Gasteiger partial charge in [0.25, 0.3) is 0 Å². The maximum atomic E-state index is 12.1. The van der Waals surface area contributed by atoms with Crippen LogP contribution in [0, 0.1) is 11.8 Å². The molecule has 1 saturated carbocycles. The smallest absolute Gasteiger partial charge is 0.306 e. The third-order valence-corrected chi connectivity index (χ3v) is 4.21. The third-order valence-electron chi connectivity index (χ3n) is 4.21. The van der Waals surface area contributed by atoms with Gasteiger partial charge < -0.3 is 15.7 Å². The minimum Gasteiger partial charge on any atom is -0.481 e. The number of aliphatic carboxylic acids is 1. The number of benzene rings is 1. The number of carbonyl (C=O) groups excluding carboxylic acids is 2. The molecule has 3 N–H and O–H groups in total. The highest BCUT2D eigenvalue weighted by atomic mass is 16.4. The molecule has 1 aliphatic rings. The zero-order valence-electron chi connectivity index (χ0n) is 13.1. The first-order chi connectivity index (χ1) is 11.0. The van der Waals surface area contributed by atoms with Crippen molar-refractivity contribution in [1.29, 1.82) is 0 Å². The minimum atomic E-state index is -0.853. The van der Waals surface area contributed by atoms with Gasteiger partial charge in [0.1, 0.15) is 6.04 Å². The van der Waals surface area contributed by atoms with E-state index in [-0.39, 0.29) is 17.7 Å². The standard InChI is InChI=1S/C17H22N2O4/c1-11(15(20)18-10-12-5-3-2-4-6-12)19-16(21)13-7-8-14(9-13)17(22)23/h2-6,11,13-14H,7-10H2,1H3,(H,18,20)(H,19,21)(H,22,23)/t11?,13-,14+/m1/s1. The van der Waals surface area contributed by atoms with E-state index in [1.165, 1.54) is 0 Å². The SMILES string of the molecule is CC(NC(=O)[C@@H]1CC[C@H](C(=O)O)C1)C(=O)NCc1ccccc1. The first-order valence-electron chi connectivity index (χ1n) is 7.82. The van der Waals surface area contributed by atoms with Crippen LogP contribution in [0.4, 0.5) is 0 Å². The van der Waals surface area contributed by atoms with Crippen molar-refractivity contribution in [3.63, 3.8) is 0 Å². The fourth-order valence-electron chi connectivity index (χ4n) is 2.78. The Kier molecular flexibility index (Phi) is 5.73. The summed E-state index contributed by atoms with van der Waals surface area (Å²) in [4.78, 5) is 35.1. The summed E-state index contributed by atoms with van der Waals surface area (Å²) in [6, 6.07) is 8.87. The van der Waals surface area contributed by atoms with Crippen molar-refractivity contribution >= 4 is 17.8 Å². The molecular weight excluding hydrogens is 296 g/mol. The van der Waals surface area contributed by atoms with E-state index < -0.39 is 17.9 Å². The van der Waals surface area contributed by atoms with Crippen molar-refractivity contribution in [3.05, 3.63) is 35.9 Å². The van der Waals surface area contributed by atoms with Gasteiger partial charge in [0.15, 0.2) is 0 Å². The monoisotopic (exact) mass is 318 g/mol. The van der Waals surface area contributed by atoms with Crippen LogP contribution < -0.4 is 10.6 Å². The van der Waals surface area contributed by atoms with Crippen molar-refractivity contribution in [3.8, 4) is 0 Å². The topological polar surface area (TPSA) is 95.5 Å². The molecule has 0 spiro atoms. The Labute approximate surface area is 135 Å². The second kappa shape index (κ2) is 7.76. The van der Waals surface area contributed by atoms with E-state index in [1.54, 1.807) is 6.92 Å². The van der Waals surface area contributed by atoms with E-state index in [4.69, 9.17) is 5.11 Å². The van der Waals surface area contributed by atoms with Crippen molar-refractivity contribution in [2.75, 3.05) is 0 Å². The Morgan fingerprint density at radius 3 is 2.43 bits per heavy atom. The highest BCUT2D eigenvalue weighted by Gasteiger charge is 2.34. The van der Waals surface area contributed by atoms with Crippen molar-refractivity contribution < 1.29 is 19.5 Å². The van der Waals surface area contributed by atoms with E-state index >= 15 is 0 Å². The lowest BCUT2D eigenvalue weighted by Gasteiger charge is -2.17. The van der Waals surface area contributed by atoms with Gasteiger partial charge in [-0.2, -0.15) is 0 Å². The van der Waals surface area contributed by atoms with Crippen LogP contribution in [-0.2, 0) is 20.9 Å². The van der Waals surface area contributed by atoms with E-state index in [1.807, 2.05) is 30.3 Å². The zero-order valence-corrected chi connectivity index (χ0v) is 13.1. The summed E-state index contributed by atoms with van der Waals surface area (Å²) >= 11 is 0. The molecule has 1 fully saturated rings. The number of rotatable bonds is 6. The van der Waals surface area contributed by atoms with E-state index in [9.17, 15) is 14.4 Å². The third kappa shape index (κ3) is 4.81. The fraction of sp³-hybridized carbons (Fsp3) is 0.471. The molecule has 1 aromatic carbocycles. The lowest BCUT2D eigenvalue weighted by Crippen LogP contribution is -2.46. The number of amides is 2. The molecule has 6 nitrogen and oxygen atoms in total. The molecule has 1 unspecified atom stereocenters. The van der Waals surface area contributed by atoms with Gasteiger partial charge in [0.05, 0.1) is 5.92 Å². The number of carboxylic acids is 1. The zero-order chi connectivity index (χ0) is 16.8. The summed E-state index contributed by atoms with van der Waals surface area (Å²) in [6.07, 6.45) is 1.42. The molecule has 0 aromatic heterocycles. The van der Waals surface area contributed by atoms with Crippen molar-refractivity contribution in [2.45, 2.75) is 38.8 Å². The van der Waals surface area contributed by atoms with E-state index in [0.717, 1.165) is 5.56 Å². The summed E-state index contributed by atoms with van der Waals surface area (Å²) in [5, 5.41) is 14.4. The van der Waals surface area contributed by atoms with Crippen LogP contribution in [0.5, 0.6) is 0 Å². The molecule has 2 amide bonds. The van der Waals surface area contributed by atoms with Crippen molar-refractivity contribution in [2.24, 2.45) is 11.8 Å². The number of carbonyl (C=O) groups is 3. The van der Waals surface area contributed by atoms with Crippen LogP contribution in [0.15, 0.2) is 30.3 Å². The van der Waals surface area contributed by atoms with Gasteiger partial charge in [-0.05, 0) is 31.7 Å². The Morgan fingerprint density at radius 2 is 1.83 bits per heavy atom. The first-order valence-corrected chi connectivity index (χ1v) is 7.82. The predicted molar refractivity (Wildman–Crippen MR) is 84.4 cm³/mol. The summed E-state index contributed by atoms with van der Waals surface area (Å²) in [7, 11) is 0. The molecule has 0 aliphatic heterocycles. The quantitative estimate of drug-likeness (QED) is 0.737. The highest BCUT2D eigenvalue weighted by Crippen LogP contribution is 2.31. The molecule has 23 heavy (non-hydrogen) atoms. The molecule has 0 radical (unpaired) electrons. The largest absolute Gasteiger partial charge is 0.481 e. The average Bonchev–Trinajstić information content (AvgIpc) is 3.04. The Balaban J connectivity index is 1.77. The van der Waals surface area contributed by atoms with Crippen LogP contribution in [0.2, 0.25) is 0 Å². The molecule has 3 atom stereocenters. The average molecular weight is 318 g/mol. The van der Waals surface area contributed by atoms with Crippen LogP contribution >= 0.6 is 0 Å². The van der Waals surface area contributed by atoms with Crippen LogP contribution in [0.3, 0.4) is 0 Å². The minimum absolute atomic E-state index is 0.240. The second-order valence-electron chi connectivity index (χ2n) is 5.98. The van der Waals surface area contributed by atoms with Gasteiger partial charge in [-0.1, -0.05) is 30.3 Å². The molecule has 1 aromatic rings. The van der Waals surface area contributed by atoms with Crippen LogP contribution in [-0.4, -0.2) is 28.9 Å². The van der Waals surface area contributed by atoms with E-state index in [0.29, 0.717) is 25.8 Å². The number of carboxylic acid groups (broad SMARTS) is 1. The Morgan fingerprint density at radius 1 is 1.17 bits per heavy atom. The van der Waals surface area contributed by atoms with Crippen molar-refractivity contribution in [1.82, 2.24) is 10.6 Å². The molecule has 124 valence electrons. The van der Waals surface area contributed by atoms with Gasteiger partial charge in [-0.15, -0.1) is 0 Å². The fourth-order valence-corrected chi connectivity index (χ4v) is 2.78. The van der Waals surface area contributed by atoms with Crippen LogP contribution in [0.1, 0.15) is 31.7 Å². The second-order valence-corrected chi connectivity index (χ2v) is 5.98. The summed E-state index contributed by atoms with van der Waals surface area (Å²) in [6.45, 7) is 2.03. The molecule has 2 rings (SSSR count). The predicted octanol–water partition coefficient (Wildman–Crippen LogP) is 1.31.